The molecule has 1 aromatic heterocycles. The smallest absolute Gasteiger partial charge is 0.248 e. The van der Waals surface area contributed by atoms with E-state index in [-0.39, 0.29) is 10.8 Å². The molecule has 0 aliphatic heterocycles. The fraction of sp³-hybridized carbons (Fsp3) is 0.182. The normalized spacial score (nSPS) is 11.8. The summed E-state index contributed by atoms with van der Waals surface area (Å²) in [6.45, 7) is 4.35. The minimum atomic E-state index is -3.59. The number of hydrogen-bond acceptors (Lipinski definition) is 4. The summed E-state index contributed by atoms with van der Waals surface area (Å²) >= 11 is 0. The highest BCUT2D eigenvalue weighted by Gasteiger charge is 2.21. The quantitative estimate of drug-likeness (QED) is 0.561. The Morgan fingerprint density at radius 3 is 2.53 bits per heavy atom. The molecule has 3 aromatic rings. The number of carbonyl (C=O) groups excluding carboxylic acids is 1. The van der Waals surface area contributed by atoms with E-state index in [4.69, 9.17) is 0 Å². The minimum absolute atomic E-state index is 0.150. The van der Waals surface area contributed by atoms with Crippen LogP contribution in [0.4, 0.5) is 5.69 Å². The molecule has 0 aliphatic carbocycles. The molecule has 0 saturated carbocycles. The third-order valence-corrected chi connectivity index (χ3v) is 6.54. The lowest BCUT2D eigenvalue weighted by molar-refractivity contribution is -0.111. The van der Waals surface area contributed by atoms with Crippen LogP contribution in [-0.2, 0) is 14.8 Å². The molecule has 0 bridgehead atoms. The highest BCUT2D eigenvalue weighted by atomic mass is 32.2. The van der Waals surface area contributed by atoms with Gasteiger partial charge < -0.3 is 5.32 Å². The topological polar surface area (TPSA) is 84.3 Å². The van der Waals surface area contributed by atoms with E-state index in [9.17, 15) is 13.2 Å². The zero-order valence-electron chi connectivity index (χ0n) is 16.9. The van der Waals surface area contributed by atoms with Gasteiger partial charge in [-0.25, -0.2) is 13.1 Å². The number of anilines is 1. The van der Waals surface area contributed by atoms with Crippen molar-refractivity contribution in [2.24, 2.45) is 0 Å². The summed E-state index contributed by atoms with van der Waals surface area (Å²) in [4.78, 5) is 12.4. The number of rotatable bonds is 8. The van der Waals surface area contributed by atoms with Crippen molar-refractivity contribution >= 4 is 27.7 Å². The number of para-hydroxylation sites is 1. The van der Waals surface area contributed by atoms with E-state index >= 15 is 0 Å². The van der Waals surface area contributed by atoms with Gasteiger partial charge in [-0.2, -0.15) is 9.40 Å². The van der Waals surface area contributed by atoms with E-state index in [2.05, 4.69) is 10.4 Å². The molecule has 1 N–H and O–H groups in total. The van der Waals surface area contributed by atoms with Crippen LogP contribution in [-0.4, -0.2) is 41.5 Å². The van der Waals surface area contributed by atoms with Crippen LogP contribution in [0.15, 0.2) is 78.0 Å². The minimum Gasteiger partial charge on any atom is -0.322 e. The van der Waals surface area contributed by atoms with Gasteiger partial charge in [-0.3, -0.25) is 4.79 Å². The molecule has 8 heteroatoms. The molecule has 0 spiro atoms. The lowest BCUT2D eigenvalue weighted by atomic mass is 10.3. The number of carbonyl (C=O) groups is 1. The molecule has 0 fully saturated rings. The summed E-state index contributed by atoms with van der Waals surface area (Å²) in [5.41, 5.74) is 2.11. The van der Waals surface area contributed by atoms with Crippen molar-refractivity contribution in [1.29, 1.82) is 0 Å². The Morgan fingerprint density at radius 1 is 1.10 bits per heavy atom. The first kappa shape index (κ1) is 21.5. The van der Waals surface area contributed by atoms with Crippen LogP contribution in [0.1, 0.15) is 19.4 Å². The second-order valence-corrected chi connectivity index (χ2v) is 8.43. The van der Waals surface area contributed by atoms with E-state index < -0.39 is 10.0 Å². The predicted molar refractivity (Wildman–Crippen MR) is 118 cm³/mol. The maximum atomic E-state index is 12.7. The number of hydrogen-bond donors (Lipinski definition) is 1. The predicted octanol–water partition coefficient (Wildman–Crippen LogP) is 3.55. The molecule has 1 heterocycles. The fourth-order valence-corrected chi connectivity index (χ4v) is 4.45. The van der Waals surface area contributed by atoms with E-state index in [0.717, 1.165) is 11.3 Å². The van der Waals surface area contributed by atoms with Gasteiger partial charge in [0.15, 0.2) is 0 Å². The third kappa shape index (κ3) is 5.03. The summed E-state index contributed by atoms with van der Waals surface area (Å²) in [5, 5.41) is 6.98. The van der Waals surface area contributed by atoms with Crippen LogP contribution < -0.4 is 5.32 Å². The van der Waals surface area contributed by atoms with Gasteiger partial charge in [0.05, 0.1) is 16.8 Å². The van der Waals surface area contributed by atoms with Gasteiger partial charge in [-0.05, 0) is 36.4 Å². The van der Waals surface area contributed by atoms with Crippen LogP contribution in [0.25, 0.3) is 11.8 Å². The second-order valence-electron chi connectivity index (χ2n) is 6.49. The Bertz CT molecular complexity index is 1130. The fourth-order valence-electron chi connectivity index (χ4n) is 2.95. The third-order valence-electron chi connectivity index (χ3n) is 4.50. The van der Waals surface area contributed by atoms with Crippen molar-refractivity contribution in [1.82, 2.24) is 14.1 Å². The van der Waals surface area contributed by atoms with Crippen molar-refractivity contribution in [2.45, 2.75) is 18.7 Å². The van der Waals surface area contributed by atoms with Crippen molar-refractivity contribution in [3.63, 3.8) is 0 Å². The maximum Gasteiger partial charge on any atom is 0.248 e. The van der Waals surface area contributed by atoms with E-state index in [1.165, 1.54) is 22.5 Å². The highest BCUT2D eigenvalue weighted by Crippen LogP contribution is 2.19. The number of amides is 1. The standard InChI is InChI=1S/C22H24N4O3S/c1-3-25(4-2)30(28,29)21-12-8-9-19(15-21)24-22(27)14-13-18-16-23-26(17-18)20-10-6-5-7-11-20/h5-17H,3-4H2,1-2H3,(H,24,27)/b14-13+. The van der Waals surface area contributed by atoms with Crippen LogP contribution in [0.3, 0.4) is 0 Å². The molecule has 3 rings (SSSR count). The van der Waals surface area contributed by atoms with Crippen LogP contribution >= 0.6 is 0 Å². The summed E-state index contributed by atoms with van der Waals surface area (Å²) in [7, 11) is -3.59. The zero-order chi connectivity index (χ0) is 21.6. The molecular weight excluding hydrogens is 400 g/mol. The SMILES string of the molecule is CCN(CC)S(=O)(=O)c1cccc(NC(=O)/C=C/c2cnn(-c3ccccc3)c2)c1. The highest BCUT2D eigenvalue weighted by molar-refractivity contribution is 7.89. The Hall–Kier alpha value is -3.23. The van der Waals surface area contributed by atoms with Gasteiger partial charge in [0, 0.05) is 36.6 Å². The van der Waals surface area contributed by atoms with E-state index in [0.29, 0.717) is 18.8 Å². The first-order valence-electron chi connectivity index (χ1n) is 9.63. The molecule has 0 unspecified atom stereocenters. The molecule has 7 nitrogen and oxygen atoms in total. The second kappa shape index (κ2) is 9.51. The lowest BCUT2D eigenvalue weighted by Gasteiger charge is -2.18. The summed E-state index contributed by atoms with van der Waals surface area (Å²) in [6.07, 6.45) is 6.51. The molecule has 30 heavy (non-hydrogen) atoms. The molecule has 0 radical (unpaired) electrons. The summed E-state index contributed by atoms with van der Waals surface area (Å²) in [6, 6.07) is 15.9. The van der Waals surface area contributed by atoms with Crippen LogP contribution in [0.5, 0.6) is 0 Å². The number of aromatic nitrogens is 2. The summed E-state index contributed by atoms with van der Waals surface area (Å²) in [5.74, 6) is -0.361. The van der Waals surface area contributed by atoms with Crippen LogP contribution in [0, 0.1) is 0 Å². The monoisotopic (exact) mass is 424 g/mol. The number of benzene rings is 2. The van der Waals surface area contributed by atoms with Crippen molar-refractivity contribution in [2.75, 3.05) is 18.4 Å². The molecule has 1 amide bonds. The number of sulfonamides is 1. The molecule has 0 aliphatic rings. The average Bonchev–Trinajstić information content (AvgIpc) is 3.23. The van der Waals surface area contributed by atoms with E-state index in [1.807, 2.05) is 36.5 Å². The zero-order valence-corrected chi connectivity index (χ0v) is 17.7. The lowest BCUT2D eigenvalue weighted by Crippen LogP contribution is -2.30. The Kier molecular flexibility index (Phi) is 6.81. The maximum absolute atomic E-state index is 12.7. The van der Waals surface area contributed by atoms with Crippen molar-refractivity contribution in [3.8, 4) is 5.69 Å². The molecule has 0 saturated heterocycles. The first-order chi connectivity index (χ1) is 14.4. The van der Waals surface area contributed by atoms with Gasteiger partial charge in [-0.1, -0.05) is 38.1 Å². The van der Waals surface area contributed by atoms with Crippen molar-refractivity contribution in [3.05, 3.63) is 78.6 Å². The Balaban J connectivity index is 1.69. The Labute approximate surface area is 176 Å². The molecular formula is C22H24N4O3S. The molecule has 2 aromatic carbocycles. The van der Waals surface area contributed by atoms with E-state index in [1.54, 1.807) is 42.9 Å². The van der Waals surface area contributed by atoms with Gasteiger partial charge in [0.1, 0.15) is 0 Å². The Morgan fingerprint density at radius 2 is 1.83 bits per heavy atom. The number of nitrogens with one attached hydrogen (secondary N) is 1. The van der Waals surface area contributed by atoms with Crippen molar-refractivity contribution < 1.29 is 13.2 Å². The van der Waals surface area contributed by atoms with Gasteiger partial charge in [0.25, 0.3) is 0 Å². The largest absolute Gasteiger partial charge is 0.322 e. The summed E-state index contributed by atoms with van der Waals surface area (Å²) < 4.78 is 28.4. The number of nitrogens with zero attached hydrogens (tertiary/aromatic N) is 3. The first-order valence-corrected chi connectivity index (χ1v) is 11.1. The van der Waals surface area contributed by atoms with Gasteiger partial charge in [0.2, 0.25) is 15.9 Å². The van der Waals surface area contributed by atoms with Crippen LogP contribution in [0.2, 0.25) is 0 Å². The van der Waals surface area contributed by atoms with Gasteiger partial charge >= 0.3 is 0 Å². The molecule has 0 atom stereocenters. The molecule has 156 valence electrons. The van der Waals surface area contributed by atoms with Gasteiger partial charge in [-0.15, -0.1) is 0 Å². The average molecular weight is 425 g/mol.